The van der Waals surface area contributed by atoms with Crippen LogP contribution < -0.4 is 15.4 Å². The quantitative estimate of drug-likeness (QED) is 0.834. The topological polar surface area (TPSA) is 67.4 Å². The van der Waals surface area contributed by atoms with Gasteiger partial charge in [-0.3, -0.25) is 9.59 Å². The maximum atomic E-state index is 13.5. The molecule has 0 aliphatic carbocycles. The zero-order valence-corrected chi connectivity index (χ0v) is 13.3. The molecule has 130 valence electrons. The first-order chi connectivity index (χ1) is 12.0. The molecule has 0 saturated heterocycles. The number of benzene rings is 2. The van der Waals surface area contributed by atoms with Gasteiger partial charge in [-0.25, -0.2) is 8.78 Å². The lowest BCUT2D eigenvalue weighted by Gasteiger charge is -2.08. The standard InChI is InChI=1S/C18H16F2N2O3/c19-13-2-3-14(20)15(10-13)22-18(24)17(23)21-7-5-11-1-4-16-12(9-11)6-8-25-16/h1-4,9-10H,5-8H2,(H,21,23)(H,22,24). The van der Waals surface area contributed by atoms with Gasteiger partial charge < -0.3 is 15.4 Å². The summed E-state index contributed by atoms with van der Waals surface area (Å²) in [6.45, 7) is 0.920. The summed E-state index contributed by atoms with van der Waals surface area (Å²) in [5.74, 6) is -2.61. The van der Waals surface area contributed by atoms with E-state index in [1.807, 2.05) is 18.2 Å². The maximum absolute atomic E-state index is 13.5. The zero-order valence-electron chi connectivity index (χ0n) is 13.3. The number of rotatable bonds is 4. The molecule has 0 atom stereocenters. The molecule has 0 saturated carbocycles. The highest BCUT2D eigenvalue weighted by molar-refractivity contribution is 6.39. The fraction of sp³-hybridized carbons (Fsp3) is 0.222. The van der Waals surface area contributed by atoms with Gasteiger partial charge in [0.05, 0.1) is 12.3 Å². The summed E-state index contributed by atoms with van der Waals surface area (Å²) in [6, 6.07) is 8.41. The lowest BCUT2D eigenvalue weighted by Crippen LogP contribution is -2.36. The molecule has 2 amide bonds. The van der Waals surface area contributed by atoms with Crippen LogP contribution in [0.3, 0.4) is 0 Å². The molecule has 25 heavy (non-hydrogen) atoms. The molecule has 1 aliphatic rings. The lowest BCUT2D eigenvalue weighted by molar-refractivity contribution is -0.136. The van der Waals surface area contributed by atoms with Gasteiger partial charge in [-0.15, -0.1) is 0 Å². The molecule has 7 heteroatoms. The number of carbonyl (C=O) groups is 2. The molecular weight excluding hydrogens is 330 g/mol. The van der Waals surface area contributed by atoms with Crippen molar-refractivity contribution in [3.05, 3.63) is 59.2 Å². The average molecular weight is 346 g/mol. The molecule has 1 aliphatic heterocycles. The van der Waals surface area contributed by atoms with Crippen molar-refractivity contribution < 1.29 is 23.1 Å². The van der Waals surface area contributed by atoms with E-state index in [1.54, 1.807) is 0 Å². The van der Waals surface area contributed by atoms with Crippen molar-refractivity contribution in [1.29, 1.82) is 0 Å². The number of ether oxygens (including phenoxy) is 1. The Kier molecular flexibility index (Phi) is 4.92. The molecule has 1 heterocycles. The van der Waals surface area contributed by atoms with Gasteiger partial charge in [0.1, 0.15) is 17.4 Å². The van der Waals surface area contributed by atoms with Gasteiger partial charge in [-0.05, 0) is 35.7 Å². The summed E-state index contributed by atoms with van der Waals surface area (Å²) in [6.07, 6.45) is 1.40. The number of nitrogens with one attached hydrogen (secondary N) is 2. The van der Waals surface area contributed by atoms with Gasteiger partial charge in [-0.1, -0.05) is 12.1 Å². The van der Waals surface area contributed by atoms with Crippen molar-refractivity contribution in [3.8, 4) is 5.75 Å². The number of hydrogen-bond acceptors (Lipinski definition) is 3. The summed E-state index contributed by atoms with van der Waals surface area (Å²) >= 11 is 0. The third-order valence-corrected chi connectivity index (χ3v) is 3.84. The van der Waals surface area contributed by atoms with Gasteiger partial charge in [0, 0.05) is 19.0 Å². The monoisotopic (exact) mass is 346 g/mol. The van der Waals surface area contributed by atoms with E-state index in [-0.39, 0.29) is 12.2 Å². The first kappa shape index (κ1) is 16.9. The number of hydrogen-bond donors (Lipinski definition) is 2. The van der Waals surface area contributed by atoms with Crippen LogP contribution in [0.5, 0.6) is 5.75 Å². The molecule has 0 fully saturated rings. The molecule has 0 spiro atoms. The summed E-state index contributed by atoms with van der Waals surface area (Å²) < 4.78 is 31.9. The van der Waals surface area contributed by atoms with E-state index < -0.39 is 23.4 Å². The van der Waals surface area contributed by atoms with Gasteiger partial charge >= 0.3 is 11.8 Å². The second-order valence-corrected chi connectivity index (χ2v) is 5.62. The Morgan fingerprint density at radius 2 is 1.92 bits per heavy atom. The summed E-state index contributed by atoms with van der Waals surface area (Å²) in [4.78, 5) is 23.5. The second kappa shape index (κ2) is 7.29. The minimum atomic E-state index is -1.05. The van der Waals surface area contributed by atoms with Crippen LogP contribution in [0.25, 0.3) is 0 Å². The lowest BCUT2D eigenvalue weighted by atomic mass is 10.1. The molecule has 0 radical (unpaired) electrons. The fourth-order valence-corrected chi connectivity index (χ4v) is 2.57. The average Bonchev–Trinajstić information content (AvgIpc) is 3.05. The SMILES string of the molecule is O=C(NCCc1ccc2c(c1)CCO2)C(=O)Nc1cc(F)ccc1F. The van der Waals surface area contributed by atoms with Crippen molar-refractivity contribution in [3.63, 3.8) is 0 Å². The number of halogens is 2. The van der Waals surface area contributed by atoms with Gasteiger partial charge in [0.2, 0.25) is 0 Å². The Morgan fingerprint density at radius 1 is 1.08 bits per heavy atom. The van der Waals surface area contributed by atoms with Crippen molar-refractivity contribution in [2.24, 2.45) is 0 Å². The highest BCUT2D eigenvalue weighted by atomic mass is 19.1. The highest BCUT2D eigenvalue weighted by Crippen LogP contribution is 2.25. The van der Waals surface area contributed by atoms with Gasteiger partial charge in [-0.2, -0.15) is 0 Å². The van der Waals surface area contributed by atoms with Crippen LogP contribution in [0.15, 0.2) is 36.4 Å². The second-order valence-electron chi connectivity index (χ2n) is 5.62. The van der Waals surface area contributed by atoms with E-state index in [0.29, 0.717) is 13.0 Å². The van der Waals surface area contributed by atoms with Crippen LogP contribution in [0.2, 0.25) is 0 Å². The third-order valence-electron chi connectivity index (χ3n) is 3.84. The summed E-state index contributed by atoms with van der Waals surface area (Å²) in [5, 5.41) is 4.51. The summed E-state index contributed by atoms with van der Waals surface area (Å²) in [7, 11) is 0. The van der Waals surface area contributed by atoms with E-state index >= 15 is 0 Å². The highest BCUT2D eigenvalue weighted by Gasteiger charge is 2.16. The maximum Gasteiger partial charge on any atom is 0.313 e. The zero-order chi connectivity index (χ0) is 17.8. The first-order valence-corrected chi connectivity index (χ1v) is 7.82. The van der Waals surface area contributed by atoms with Gasteiger partial charge in [0.25, 0.3) is 0 Å². The van der Waals surface area contributed by atoms with Crippen LogP contribution in [-0.4, -0.2) is 25.0 Å². The normalized spacial score (nSPS) is 12.2. The summed E-state index contributed by atoms with van der Waals surface area (Å²) in [5.41, 5.74) is 1.77. The van der Waals surface area contributed by atoms with Crippen molar-refractivity contribution >= 4 is 17.5 Å². The van der Waals surface area contributed by atoms with Crippen molar-refractivity contribution in [1.82, 2.24) is 5.32 Å². The number of anilines is 1. The van der Waals surface area contributed by atoms with Gasteiger partial charge in [0.15, 0.2) is 0 Å². The Morgan fingerprint density at radius 3 is 2.76 bits per heavy atom. The Balaban J connectivity index is 1.50. The molecule has 0 bridgehead atoms. The number of fused-ring (bicyclic) bond motifs is 1. The number of carbonyl (C=O) groups excluding carboxylic acids is 2. The Hall–Kier alpha value is -2.96. The molecule has 5 nitrogen and oxygen atoms in total. The Bertz CT molecular complexity index is 824. The van der Waals surface area contributed by atoms with Crippen LogP contribution >= 0.6 is 0 Å². The van der Waals surface area contributed by atoms with Crippen LogP contribution in [0.4, 0.5) is 14.5 Å². The molecule has 2 aromatic rings. The minimum Gasteiger partial charge on any atom is -0.493 e. The minimum absolute atomic E-state index is 0.248. The van der Waals surface area contributed by atoms with Crippen molar-refractivity contribution in [2.75, 3.05) is 18.5 Å². The Labute approximate surface area is 143 Å². The molecule has 0 aromatic heterocycles. The smallest absolute Gasteiger partial charge is 0.313 e. The molecule has 2 aromatic carbocycles. The fourth-order valence-electron chi connectivity index (χ4n) is 2.57. The van der Waals surface area contributed by atoms with Crippen LogP contribution in [-0.2, 0) is 22.4 Å². The predicted molar refractivity (Wildman–Crippen MR) is 87.3 cm³/mol. The van der Waals surface area contributed by atoms with E-state index in [4.69, 9.17) is 4.74 Å². The third kappa shape index (κ3) is 4.12. The molecule has 2 N–H and O–H groups in total. The predicted octanol–water partition coefficient (Wildman–Crippen LogP) is 2.20. The molecular formula is C18H16F2N2O3. The first-order valence-electron chi connectivity index (χ1n) is 7.82. The largest absolute Gasteiger partial charge is 0.493 e. The number of amides is 2. The molecule has 3 rings (SSSR count). The van der Waals surface area contributed by atoms with Crippen molar-refractivity contribution in [2.45, 2.75) is 12.8 Å². The van der Waals surface area contributed by atoms with Crippen LogP contribution in [0, 0.1) is 11.6 Å². The van der Waals surface area contributed by atoms with E-state index in [0.717, 1.165) is 41.5 Å². The van der Waals surface area contributed by atoms with Crippen LogP contribution in [0.1, 0.15) is 11.1 Å². The van der Waals surface area contributed by atoms with E-state index in [9.17, 15) is 18.4 Å². The van der Waals surface area contributed by atoms with E-state index in [2.05, 4.69) is 10.6 Å². The molecule has 0 unspecified atom stereocenters. The van der Waals surface area contributed by atoms with E-state index in [1.165, 1.54) is 0 Å².